The second-order valence-electron chi connectivity index (χ2n) is 6.60. The van der Waals surface area contributed by atoms with E-state index in [1.54, 1.807) is 6.20 Å². The minimum atomic E-state index is -0.250. The summed E-state index contributed by atoms with van der Waals surface area (Å²) in [6.45, 7) is 4.80. The van der Waals surface area contributed by atoms with Crippen molar-refractivity contribution in [3.8, 4) is 23.6 Å². The van der Waals surface area contributed by atoms with Gasteiger partial charge in [0.1, 0.15) is 5.82 Å². The van der Waals surface area contributed by atoms with E-state index in [4.69, 9.17) is 18.0 Å². The number of benzene rings is 1. The van der Waals surface area contributed by atoms with Crippen molar-refractivity contribution in [1.29, 1.82) is 0 Å². The van der Waals surface area contributed by atoms with Gasteiger partial charge in [0.15, 0.2) is 0 Å². The molecule has 3 rings (SSSR count). The highest BCUT2D eigenvalue weighted by atomic mass is 35.5. The maximum Gasteiger partial charge on any atom is 0.148 e. The van der Waals surface area contributed by atoms with Gasteiger partial charge in [0.25, 0.3) is 0 Å². The summed E-state index contributed by atoms with van der Waals surface area (Å²) in [7, 11) is 0. The summed E-state index contributed by atoms with van der Waals surface area (Å²) in [6.07, 6.45) is 7.20. The molecule has 0 atom stereocenters. The van der Waals surface area contributed by atoms with E-state index in [1.165, 1.54) is 0 Å². The van der Waals surface area contributed by atoms with Gasteiger partial charge in [0.2, 0.25) is 0 Å². The molecule has 0 aliphatic rings. The topological polar surface area (TPSA) is 50.7 Å². The molecular formula is C21H19ClN4. The van der Waals surface area contributed by atoms with E-state index >= 15 is 0 Å². The molecule has 0 unspecified atom stereocenters. The number of nitrogens with one attached hydrogen (secondary N) is 1. The van der Waals surface area contributed by atoms with E-state index in [9.17, 15) is 0 Å². The molecule has 2 aromatic heterocycles. The third-order valence-corrected chi connectivity index (χ3v) is 4.41. The van der Waals surface area contributed by atoms with Crippen LogP contribution in [0.5, 0.6) is 0 Å². The molecule has 3 aromatic rings. The van der Waals surface area contributed by atoms with Gasteiger partial charge in [-0.25, -0.2) is 0 Å². The summed E-state index contributed by atoms with van der Waals surface area (Å²) in [5, 5.41) is 12.5. The zero-order valence-electron chi connectivity index (χ0n) is 14.7. The minimum absolute atomic E-state index is 0.250. The Bertz CT molecular complexity index is 943. The van der Waals surface area contributed by atoms with Crippen LogP contribution in [0.3, 0.4) is 0 Å². The smallest absolute Gasteiger partial charge is 0.148 e. The van der Waals surface area contributed by atoms with Gasteiger partial charge >= 0.3 is 0 Å². The van der Waals surface area contributed by atoms with Crippen LogP contribution in [-0.2, 0) is 5.41 Å². The van der Waals surface area contributed by atoms with Gasteiger partial charge in [0, 0.05) is 29.3 Å². The Morgan fingerprint density at radius 2 is 1.96 bits per heavy atom. The van der Waals surface area contributed by atoms with Crippen LogP contribution >= 0.6 is 11.6 Å². The van der Waals surface area contributed by atoms with Crippen LogP contribution in [0.2, 0.25) is 5.02 Å². The number of hydrogen-bond acceptors (Lipinski definition) is 4. The van der Waals surface area contributed by atoms with E-state index in [-0.39, 0.29) is 5.41 Å². The van der Waals surface area contributed by atoms with Crippen molar-refractivity contribution < 1.29 is 0 Å². The number of aromatic nitrogens is 3. The molecule has 0 fully saturated rings. The Balaban J connectivity index is 1.72. The molecule has 130 valence electrons. The summed E-state index contributed by atoms with van der Waals surface area (Å²) >= 11 is 6.27. The van der Waals surface area contributed by atoms with Crippen molar-refractivity contribution in [2.75, 3.05) is 11.9 Å². The lowest BCUT2D eigenvalue weighted by Crippen LogP contribution is -2.29. The monoisotopic (exact) mass is 362 g/mol. The van der Waals surface area contributed by atoms with Gasteiger partial charge in [0.05, 0.1) is 16.4 Å². The maximum absolute atomic E-state index is 6.27. The zero-order chi connectivity index (χ0) is 18.6. The highest BCUT2D eigenvalue weighted by molar-refractivity contribution is 6.31. The molecule has 1 N–H and O–H groups in total. The first kappa shape index (κ1) is 17.9. The van der Waals surface area contributed by atoms with Gasteiger partial charge in [-0.2, -0.15) is 0 Å². The fourth-order valence-electron chi connectivity index (χ4n) is 2.63. The highest BCUT2D eigenvalue weighted by Gasteiger charge is 2.24. The average molecular weight is 363 g/mol. The largest absolute Gasteiger partial charge is 0.368 e. The maximum atomic E-state index is 6.27. The summed E-state index contributed by atoms with van der Waals surface area (Å²) < 4.78 is 0. The number of hydrogen-bond donors (Lipinski definition) is 1. The van der Waals surface area contributed by atoms with Crippen molar-refractivity contribution in [3.63, 3.8) is 0 Å². The zero-order valence-corrected chi connectivity index (χ0v) is 15.5. The molecule has 5 heteroatoms. The van der Waals surface area contributed by atoms with Gasteiger partial charge in [-0.05, 0) is 36.4 Å². The average Bonchev–Trinajstić information content (AvgIpc) is 2.67. The third kappa shape index (κ3) is 4.01. The van der Waals surface area contributed by atoms with E-state index in [0.29, 0.717) is 17.4 Å². The SMILES string of the molecule is C#Cc1cccc(-c2ccc(NCC(C)(C)c3ncccc3Cl)nn2)c1. The second kappa shape index (κ2) is 7.55. The predicted molar refractivity (Wildman–Crippen MR) is 106 cm³/mol. The molecule has 1 aromatic carbocycles. The normalized spacial score (nSPS) is 11.0. The molecule has 0 radical (unpaired) electrons. The van der Waals surface area contributed by atoms with E-state index < -0.39 is 0 Å². The van der Waals surface area contributed by atoms with Crippen molar-refractivity contribution in [2.24, 2.45) is 0 Å². The van der Waals surface area contributed by atoms with Crippen molar-refractivity contribution >= 4 is 17.4 Å². The lowest BCUT2D eigenvalue weighted by Gasteiger charge is -2.25. The molecule has 0 spiro atoms. The lowest BCUT2D eigenvalue weighted by molar-refractivity contribution is 0.537. The fraction of sp³-hybridized carbons (Fsp3) is 0.190. The van der Waals surface area contributed by atoms with Gasteiger partial charge in [-0.1, -0.05) is 43.5 Å². The van der Waals surface area contributed by atoms with Crippen molar-refractivity contribution in [1.82, 2.24) is 15.2 Å². The van der Waals surface area contributed by atoms with Crippen LogP contribution < -0.4 is 5.32 Å². The second-order valence-corrected chi connectivity index (χ2v) is 7.01. The Morgan fingerprint density at radius 1 is 1.12 bits per heavy atom. The number of nitrogens with zero attached hydrogens (tertiary/aromatic N) is 3. The Kier molecular flexibility index (Phi) is 5.20. The number of halogens is 1. The van der Waals surface area contributed by atoms with Crippen LogP contribution in [-0.4, -0.2) is 21.7 Å². The molecule has 0 saturated heterocycles. The third-order valence-electron chi connectivity index (χ3n) is 4.10. The number of pyridine rings is 1. The van der Waals surface area contributed by atoms with Crippen LogP contribution in [0, 0.1) is 12.3 Å². The first-order valence-corrected chi connectivity index (χ1v) is 8.63. The number of terminal acetylenes is 1. The number of rotatable bonds is 5. The van der Waals surface area contributed by atoms with Gasteiger partial charge in [-0.15, -0.1) is 16.6 Å². The van der Waals surface area contributed by atoms with Gasteiger partial charge in [-0.3, -0.25) is 4.98 Å². The quantitative estimate of drug-likeness (QED) is 0.676. The fourth-order valence-corrected chi connectivity index (χ4v) is 3.01. The van der Waals surface area contributed by atoms with Crippen LogP contribution in [0.1, 0.15) is 25.1 Å². The van der Waals surface area contributed by atoms with Crippen LogP contribution in [0.25, 0.3) is 11.3 Å². The first-order valence-electron chi connectivity index (χ1n) is 8.25. The Morgan fingerprint density at radius 3 is 2.65 bits per heavy atom. The summed E-state index contributed by atoms with van der Waals surface area (Å²) in [4.78, 5) is 4.41. The Hall–Kier alpha value is -2.90. The summed E-state index contributed by atoms with van der Waals surface area (Å²) in [5.74, 6) is 3.32. The van der Waals surface area contributed by atoms with Crippen molar-refractivity contribution in [2.45, 2.75) is 19.3 Å². The van der Waals surface area contributed by atoms with E-state index in [1.807, 2.05) is 48.5 Å². The van der Waals surface area contributed by atoms with Crippen LogP contribution in [0.4, 0.5) is 5.82 Å². The molecule has 0 amide bonds. The predicted octanol–water partition coefficient (Wildman–Crippen LogP) is 4.56. The molecule has 0 bridgehead atoms. The molecule has 4 nitrogen and oxygen atoms in total. The molecule has 2 heterocycles. The summed E-state index contributed by atoms with van der Waals surface area (Å²) in [6, 6.07) is 15.2. The summed E-state index contributed by atoms with van der Waals surface area (Å²) in [5.41, 5.74) is 3.14. The highest BCUT2D eigenvalue weighted by Crippen LogP contribution is 2.28. The first-order chi connectivity index (χ1) is 12.5. The molecule has 0 aliphatic carbocycles. The standard InChI is InChI=1S/C21H19ClN4/c1-4-15-7-5-8-16(13-15)18-10-11-19(26-25-18)24-14-21(2,3)20-17(22)9-6-12-23-20/h1,5-13H,14H2,2-3H3,(H,24,26). The van der Waals surface area contributed by atoms with Crippen molar-refractivity contribution in [3.05, 3.63) is 71.0 Å². The molecular weight excluding hydrogens is 344 g/mol. The van der Waals surface area contributed by atoms with Gasteiger partial charge < -0.3 is 5.32 Å². The Labute approximate surface area is 158 Å². The van der Waals surface area contributed by atoms with E-state index in [0.717, 1.165) is 22.5 Å². The minimum Gasteiger partial charge on any atom is -0.368 e. The molecule has 0 aliphatic heterocycles. The molecule has 26 heavy (non-hydrogen) atoms. The molecule has 0 saturated carbocycles. The van der Waals surface area contributed by atoms with E-state index in [2.05, 4.69) is 40.3 Å². The number of anilines is 1. The van der Waals surface area contributed by atoms with Crippen LogP contribution in [0.15, 0.2) is 54.7 Å². The lowest BCUT2D eigenvalue weighted by atomic mass is 9.88.